The molecule has 1 rings (SSSR count). The van der Waals surface area contributed by atoms with Crippen molar-refractivity contribution in [2.45, 2.75) is 39.0 Å². The maximum atomic E-state index is 11.2. The summed E-state index contributed by atoms with van der Waals surface area (Å²) in [5.41, 5.74) is -0.0126. The lowest BCUT2D eigenvalue weighted by Crippen LogP contribution is -2.25. The maximum absolute atomic E-state index is 11.2. The Kier molecular flexibility index (Phi) is 3.44. The molecule has 0 aliphatic heterocycles. The SMILES string of the molecule is CC1(C/C=C/C(=O)O)CCCC(=O)C1. The molecule has 0 bridgehead atoms. The quantitative estimate of drug-likeness (QED) is 0.704. The minimum absolute atomic E-state index is 0.0126. The molecule has 0 amide bonds. The Bertz CT molecular complexity index is 268. The van der Waals surface area contributed by atoms with E-state index in [1.807, 2.05) is 0 Å². The zero-order chi connectivity index (χ0) is 10.6. The molecule has 0 aromatic rings. The molecule has 0 heterocycles. The third kappa shape index (κ3) is 3.32. The van der Waals surface area contributed by atoms with Crippen LogP contribution in [0.4, 0.5) is 0 Å². The third-order valence-electron chi connectivity index (χ3n) is 2.73. The molecule has 1 atom stereocenters. The summed E-state index contributed by atoms with van der Waals surface area (Å²) in [6, 6.07) is 0. The lowest BCUT2D eigenvalue weighted by Gasteiger charge is -2.31. The highest BCUT2D eigenvalue weighted by Gasteiger charge is 2.29. The number of hydrogen-bond acceptors (Lipinski definition) is 2. The van der Waals surface area contributed by atoms with Crippen molar-refractivity contribution in [3.8, 4) is 0 Å². The van der Waals surface area contributed by atoms with Gasteiger partial charge in [0.2, 0.25) is 0 Å². The second-order valence-corrected chi connectivity index (χ2v) is 4.32. The van der Waals surface area contributed by atoms with Gasteiger partial charge < -0.3 is 5.11 Å². The number of carbonyl (C=O) groups excluding carboxylic acids is 1. The lowest BCUT2D eigenvalue weighted by molar-refractivity contribution is -0.131. The number of ketones is 1. The number of carboxylic acids is 1. The Morgan fingerprint density at radius 3 is 2.93 bits per heavy atom. The fourth-order valence-corrected chi connectivity index (χ4v) is 1.98. The number of rotatable bonds is 3. The van der Waals surface area contributed by atoms with E-state index in [1.165, 1.54) is 0 Å². The van der Waals surface area contributed by atoms with Crippen molar-refractivity contribution in [1.82, 2.24) is 0 Å². The predicted molar refractivity (Wildman–Crippen MR) is 53.0 cm³/mol. The largest absolute Gasteiger partial charge is 0.478 e. The Labute approximate surface area is 83.8 Å². The van der Waals surface area contributed by atoms with Gasteiger partial charge in [0.25, 0.3) is 0 Å². The first kappa shape index (κ1) is 11.0. The summed E-state index contributed by atoms with van der Waals surface area (Å²) < 4.78 is 0. The average molecular weight is 196 g/mol. The molecule has 0 spiro atoms. The molecule has 0 saturated heterocycles. The average Bonchev–Trinajstić information content (AvgIpc) is 2.01. The first-order chi connectivity index (χ1) is 6.52. The molecule has 0 aromatic carbocycles. The highest BCUT2D eigenvalue weighted by Crippen LogP contribution is 2.37. The smallest absolute Gasteiger partial charge is 0.327 e. The number of Topliss-reactive ketones (excluding diaryl/α,β-unsaturated/α-hetero) is 1. The van der Waals surface area contributed by atoms with E-state index in [0.717, 1.165) is 18.9 Å². The molecule has 1 saturated carbocycles. The van der Waals surface area contributed by atoms with Crippen LogP contribution in [-0.2, 0) is 9.59 Å². The van der Waals surface area contributed by atoms with Gasteiger partial charge in [0.15, 0.2) is 0 Å². The van der Waals surface area contributed by atoms with Crippen molar-refractivity contribution in [2.24, 2.45) is 5.41 Å². The lowest BCUT2D eigenvalue weighted by atomic mass is 9.73. The molecule has 3 heteroatoms. The maximum Gasteiger partial charge on any atom is 0.327 e. The summed E-state index contributed by atoms with van der Waals surface area (Å²) in [7, 11) is 0. The van der Waals surface area contributed by atoms with E-state index in [-0.39, 0.29) is 5.41 Å². The first-order valence-corrected chi connectivity index (χ1v) is 4.93. The van der Waals surface area contributed by atoms with Gasteiger partial charge in [-0.1, -0.05) is 13.0 Å². The van der Waals surface area contributed by atoms with Crippen molar-refractivity contribution >= 4 is 11.8 Å². The van der Waals surface area contributed by atoms with Crippen LogP contribution in [0.25, 0.3) is 0 Å². The standard InChI is InChI=1S/C11H16O3/c1-11(7-3-5-10(13)14)6-2-4-9(12)8-11/h3,5H,2,4,6-8H2,1H3,(H,13,14)/b5-3+. The van der Waals surface area contributed by atoms with Crippen LogP contribution in [0.3, 0.4) is 0 Å². The van der Waals surface area contributed by atoms with E-state index in [4.69, 9.17) is 5.11 Å². The van der Waals surface area contributed by atoms with Gasteiger partial charge in [-0.15, -0.1) is 0 Å². The Morgan fingerprint density at radius 2 is 2.36 bits per heavy atom. The highest BCUT2D eigenvalue weighted by molar-refractivity contribution is 5.80. The molecule has 1 unspecified atom stereocenters. The molecule has 1 aliphatic rings. The van der Waals surface area contributed by atoms with Gasteiger partial charge in [0, 0.05) is 18.9 Å². The summed E-state index contributed by atoms with van der Waals surface area (Å²) >= 11 is 0. The van der Waals surface area contributed by atoms with Crippen LogP contribution in [0.1, 0.15) is 39.0 Å². The minimum Gasteiger partial charge on any atom is -0.478 e. The van der Waals surface area contributed by atoms with Crippen LogP contribution in [0, 0.1) is 5.41 Å². The summed E-state index contributed by atoms with van der Waals surface area (Å²) in [5, 5.41) is 8.43. The summed E-state index contributed by atoms with van der Waals surface area (Å²) in [6.07, 6.45) is 6.74. The van der Waals surface area contributed by atoms with Crippen molar-refractivity contribution in [2.75, 3.05) is 0 Å². The van der Waals surface area contributed by atoms with Gasteiger partial charge in [-0.3, -0.25) is 4.79 Å². The molecule has 3 nitrogen and oxygen atoms in total. The van der Waals surface area contributed by atoms with Crippen molar-refractivity contribution in [3.63, 3.8) is 0 Å². The van der Waals surface area contributed by atoms with E-state index in [0.29, 0.717) is 25.0 Å². The van der Waals surface area contributed by atoms with E-state index >= 15 is 0 Å². The zero-order valence-electron chi connectivity index (χ0n) is 8.45. The number of hydrogen-bond donors (Lipinski definition) is 1. The molecule has 0 aromatic heterocycles. The molecule has 1 fully saturated rings. The van der Waals surface area contributed by atoms with Crippen molar-refractivity contribution in [3.05, 3.63) is 12.2 Å². The van der Waals surface area contributed by atoms with Gasteiger partial charge in [-0.25, -0.2) is 4.79 Å². The van der Waals surface area contributed by atoms with Crippen LogP contribution < -0.4 is 0 Å². The van der Waals surface area contributed by atoms with E-state index < -0.39 is 5.97 Å². The molecule has 14 heavy (non-hydrogen) atoms. The topological polar surface area (TPSA) is 54.4 Å². The van der Waals surface area contributed by atoms with Crippen LogP contribution in [0.5, 0.6) is 0 Å². The third-order valence-corrected chi connectivity index (χ3v) is 2.73. The normalized spacial score (nSPS) is 28.2. The van der Waals surface area contributed by atoms with Gasteiger partial charge in [-0.2, -0.15) is 0 Å². The second kappa shape index (κ2) is 4.40. The summed E-state index contributed by atoms with van der Waals surface area (Å²) in [5.74, 6) is -0.613. The Balaban J connectivity index is 2.48. The van der Waals surface area contributed by atoms with Gasteiger partial charge in [0.05, 0.1) is 0 Å². The molecule has 1 N–H and O–H groups in total. The van der Waals surface area contributed by atoms with E-state index in [9.17, 15) is 9.59 Å². The van der Waals surface area contributed by atoms with Crippen LogP contribution in [0.15, 0.2) is 12.2 Å². The summed E-state index contributed by atoms with van der Waals surface area (Å²) in [4.78, 5) is 21.5. The molecule has 78 valence electrons. The van der Waals surface area contributed by atoms with Crippen LogP contribution >= 0.6 is 0 Å². The van der Waals surface area contributed by atoms with Gasteiger partial charge >= 0.3 is 5.97 Å². The minimum atomic E-state index is -0.921. The fourth-order valence-electron chi connectivity index (χ4n) is 1.98. The summed E-state index contributed by atoms with van der Waals surface area (Å²) in [6.45, 7) is 2.05. The molecular formula is C11H16O3. The molecular weight excluding hydrogens is 180 g/mol. The molecule has 0 radical (unpaired) electrons. The predicted octanol–water partition coefficient (Wildman–Crippen LogP) is 2.17. The fraction of sp³-hybridized carbons (Fsp3) is 0.636. The zero-order valence-corrected chi connectivity index (χ0v) is 8.45. The number of carbonyl (C=O) groups is 2. The van der Waals surface area contributed by atoms with Gasteiger partial charge in [0.1, 0.15) is 5.78 Å². The number of aliphatic carboxylic acids is 1. The second-order valence-electron chi connectivity index (χ2n) is 4.32. The van der Waals surface area contributed by atoms with Gasteiger partial charge in [-0.05, 0) is 24.7 Å². The highest BCUT2D eigenvalue weighted by atomic mass is 16.4. The van der Waals surface area contributed by atoms with E-state index in [2.05, 4.69) is 6.92 Å². The Morgan fingerprint density at radius 1 is 1.64 bits per heavy atom. The van der Waals surface area contributed by atoms with Crippen molar-refractivity contribution in [1.29, 1.82) is 0 Å². The van der Waals surface area contributed by atoms with Crippen LogP contribution in [-0.4, -0.2) is 16.9 Å². The van der Waals surface area contributed by atoms with E-state index in [1.54, 1.807) is 6.08 Å². The van der Waals surface area contributed by atoms with Crippen LogP contribution in [0.2, 0.25) is 0 Å². The Hall–Kier alpha value is -1.12. The first-order valence-electron chi connectivity index (χ1n) is 4.93. The number of carboxylic acid groups (broad SMARTS) is 1. The molecule has 1 aliphatic carbocycles. The van der Waals surface area contributed by atoms with Crippen molar-refractivity contribution < 1.29 is 14.7 Å². The monoisotopic (exact) mass is 196 g/mol. The number of allylic oxidation sites excluding steroid dienone is 1.